The van der Waals surface area contributed by atoms with Crippen LogP contribution >= 0.6 is 0 Å². The Morgan fingerprint density at radius 3 is 2.85 bits per heavy atom. The Balaban J connectivity index is 1.64. The molecule has 6 heteroatoms. The molecule has 0 aliphatic heterocycles. The summed E-state index contributed by atoms with van der Waals surface area (Å²) in [6, 6.07) is 3.50. The molecule has 0 amide bonds. The molecule has 0 unspecified atom stereocenters. The van der Waals surface area contributed by atoms with Gasteiger partial charge in [0.1, 0.15) is 12.9 Å². The predicted octanol–water partition coefficient (Wildman–Crippen LogP) is 2.45. The molecule has 1 aliphatic rings. The number of hydrogen-bond acceptors (Lipinski definition) is 5. The van der Waals surface area contributed by atoms with Gasteiger partial charge in [-0.05, 0) is 18.9 Å². The smallest absolute Gasteiger partial charge is 0.213 e. The zero-order chi connectivity index (χ0) is 14.0. The van der Waals surface area contributed by atoms with Crippen molar-refractivity contribution < 1.29 is 14.7 Å². The number of hydrogen-bond donors (Lipinski definition) is 2. The first-order valence-electron chi connectivity index (χ1n) is 7.01. The van der Waals surface area contributed by atoms with Crippen molar-refractivity contribution >= 4 is 12.0 Å². The SMILES string of the molecule is ONC=Nc1ccc(OCCOC2CCCCC2)nc1. The van der Waals surface area contributed by atoms with Gasteiger partial charge in [-0.1, -0.05) is 19.3 Å². The fourth-order valence-electron chi connectivity index (χ4n) is 2.23. The number of aliphatic imine (C=N–C) groups is 1. The Kier molecular flexibility index (Phi) is 6.26. The van der Waals surface area contributed by atoms with E-state index in [-0.39, 0.29) is 0 Å². The molecule has 6 nitrogen and oxygen atoms in total. The zero-order valence-corrected chi connectivity index (χ0v) is 11.5. The van der Waals surface area contributed by atoms with Crippen molar-refractivity contribution in [2.45, 2.75) is 38.2 Å². The molecule has 20 heavy (non-hydrogen) atoms. The van der Waals surface area contributed by atoms with Crippen LogP contribution in [0.2, 0.25) is 0 Å². The predicted molar refractivity (Wildman–Crippen MR) is 75.6 cm³/mol. The van der Waals surface area contributed by atoms with Crippen molar-refractivity contribution in [3.8, 4) is 5.88 Å². The van der Waals surface area contributed by atoms with Gasteiger partial charge >= 0.3 is 0 Å². The largest absolute Gasteiger partial charge is 0.475 e. The molecule has 0 saturated heterocycles. The average molecular weight is 279 g/mol. The van der Waals surface area contributed by atoms with Gasteiger partial charge in [-0.3, -0.25) is 10.7 Å². The van der Waals surface area contributed by atoms with Gasteiger partial charge in [0.2, 0.25) is 5.88 Å². The van der Waals surface area contributed by atoms with Gasteiger partial charge in [0.25, 0.3) is 0 Å². The minimum absolute atomic E-state index is 0.406. The van der Waals surface area contributed by atoms with E-state index in [9.17, 15) is 0 Å². The van der Waals surface area contributed by atoms with Crippen molar-refractivity contribution in [1.29, 1.82) is 0 Å². The molecule has 0 spiro atoms. The summed E-state index contributed by atoms with van der Waals surface area (Å²) in [5.74, 6) is 0.549. The zero-order valence-electron chi connectivity index (χ0n) is 11.5. The molecule has 0 atom stereocenters. The molecule has 1 aromatic heterocycles. The number of ether oxygens (including phenoxy) is 2. The first kappa shape index (κ1) is 14.7. The summed E-state index contributed by atoms with van der Waals surface area (Å²) in [4.78, 5) is 8.01. The topological polar surface area (TPSA) is 76.0 Å². The van der Waals surface area contributed by atoms with Crippen molar-refractivity contribution in [3.63, 3.8) is 0 Å². The molecule has 0 bridgehead atoms. The average Bonchev–Trinajstić information content (AvgIpc) is 2.52. The van der Waals surface area contributed by atoms with E-state index in [1.54, 1.807) is 18.3 Å². The summed E-state index contributed by atoms with van der Waals surface area (Å²) >= 11 is 0. The van der Waals surface area contributed by atoms with E-state index in [1.165, 1.54) is 38.4 Å². The second-order valence-corrected chi connectivity index (χ2v) is 4.72. The molecule has 1 aromatic rings. The van der Waals surface area contributed by atoms with Gasteiger partial charge in [0.15, 0.2) is 0 Å². The van der Waals surface area contributed by atoms with Gasteiger partial charge < -0.3 is 9.47 Å². The third-order valence-corrected chi connectivity index (χ3v) is 3.23. The van der Waals surface area contributed by atoms with Crippen LogP contribution in [0.1, 0.15) is 32.1 Å². The van der Waals surface area contributed by atoms with E-state index in [2.05, 4.69) is 9.98 Å². The lowest BCUT2D eigenvalue weighted by Gasteiger charge is -2.21. The molecular formula is C14H21N3O3. The van der Waals surface area contributed by atoms with E-state index in [4.69, 9.17) is 14.7 Å². The Bertz CT molecular complexity index is 403. The van der Waals surface area contributed by atoms with Crippen molar-refractivity contribution in [1.82, 2.24) is 10.5 Å². The van der Waals surface area contributed by atoms with Crippen LogP contribution in [0.3, 0.4) is 0 Å². The van der Waals surface area contributed by atoms with Crippen LogP contribution in [0, 0.1) is 0 Å². The molecule has 1 aliphatic carbocycles. The molecule has 110 valence electrons. The lowest BCUT2D eigenvalue weighted by molar-refractivity contribution is 0.0123. The lowest BCUT2D eigenvalue weighted by Crippen LogP contribution is -2.19. The first-order valence-corrected chi connectivity index (χ1v) is 7.01. The van der Waals surface area contributed by atoms with Gasteiger partial charge in [-0.15, -0.1) is 0 Å². The summed E-state index contributed by atoms with van der Waals surface area (Å²) in [7, 11) is 0. The number of hydroxylamine groups is 1. The molecule has 1 saturated carbocycles. The standard InChI is InChI=1S/C14H21N3O3/c18-17-11-16-12-6-7-14(15-10-12)20-9-8-19-13-4-2-1-3-5-13/h6-7,10-11,13,18H,1-5,8-9H2,(H,16,17). The number of nitrogens with one attached hydrogen (secondary N) is 1. The Labute approximate surface area is 118 Å². The normalized spacial score (nSPS) is 16.4. The highest BCUT2D eigenvalue weighted by atomic mass is 16.5. The van der Waals surface area contributed by atoms with Gasteiger partial charge in [0.05, 0.1) is 24.6 Å². The number of pyridine rings is 1. The third kappa shape index (κ3) is 5.14. The van der Waals surface area contributed by atoms with Crippen LogP contribution in [-0.2, 0) is 4.74 Å². The maximum absolute atomic E-state index is 8.37. The maximum atomic E-state index is 8.37. The fraction of sp³-hybridized carbons (Fsp3) is 0.571. The van der Waals surface area contributed by atoms with E-state index in [0.717, 1.165) is 0 Å². The number of nitrogens with zero attached hydrogens (tertiary/aromatic N) is 2. The molecule has 0 radical (unpaired) electrons. The summed E-state index contributed by atoms with van der Waals surface area (Å²) in [6.07, 6.45) is 9.38. The summed E-state index contributed by atoms with van der Waals surface area (Å²) < 4.78 is 11.3. The Morgan fingerprint density at radius 1 is 1.30 bits per heavy atom. The molecule has 1 fully saturated rings. The lowest BCUT2D eigenvalue weighted by atomic mass is 9.98. The van der Waals surface area contributed by atoms with E-state index < -0.39 is 0 Å². The second kappa shape index (κ2) is 8.50. The summed E-state index contributed by atoms with van der Waals surface area (Å²) in [6.45, 7) is 1.10. The van der Waals surface area contributed by atoms with Crippen molar-refractivity contribution in [3.05, 3.63) is 18.3 Å². The molecule has 1 heterocycles. The highest BCUT2D eigenvalue weighted by Gasteiger charge is 2.13. The van der Waals surface area contributed by atoms with Crippen LogP contribution in [0.4, 0.5) is 5.69 Å². The molecular weight excluding hydrogens is 258 g/mol. The minimum atomic E-state index is 0.406. The fourth-order valence-corrected chi connectivity index (χ4v) is 2.23. The van der Waals surface area contributed by atoms with Crippen molar-refractivity contribution in [2.24, 2.45) is 4.99 Å². The van der Waals surface area contributed by atoms with Crippen LogP contribution < -0.4 is 10.2 Å². The van der Waals surface area contributed by atoms with Crippen molar-refractivity contribution in [2.75, 3.05) is 13.2 Å². The molecule has 0 aromatic carbocycles. The highest BCUT2D eigenvalue weighted by Crippen LogP contribution is 2.20. The van der Waals surface area contributed by atoms with Gasteiger partial charge in [0, 0.05) is 6.07 Å². The van der Waals surface area contributed by atoms with Crippen LogP contribution in [-0.4, -0.2) is 35.8 Å². The Hall–Kier alpha value is -1.66. The number of rotatable bonds is 7. The monoisotopic (exact) mass is 279 g/mol. The second-order valence-electron chi connectivity index (χ2n) is 4.72. The highest BCUT2D eigenvalue weighted by molar-refractivity contribution is 5.59. The first-order chi connectivity index (χ1) is 9.88. The van der Waals surface area contributed by atoms with Crippen LogP contribution in [0.5, 0.6) is 5.88 Å². The summed E-state index contributed by atoms with van der Waals surface area (Å²) in [5.41, 5.74) is 2.47. The molecule has 2 N–H and O–H groups in total. The number of aromatic nitrogens is 1. The summed E-state index contributed by atoms with van der Waals surface area (Å²) in [5, 5.41) is 8.37. The van der Waals surface area contributed by atoms with E-state index in [1.807, 2.05) is 5.48 Å². The van der Waals surface area contributed by atoms with E-state index >= 15 is 0 Å². The maximum Gasteiger partial charge on any atom is 0.213 e. The van der Waals surface area contributed by atoms with E-state index in [0.29, 0.717) is 30.9 Å². The van der Waals surface area contributed by atoms with Gasteiger partial charge in [-0.2, -0.15) is 0 Å². The van der Waals surface area contributed by atoms with Gasteiger partial charge in [-0.25, -0.2) is 9.98 Å². The third-order valence-electron chi connectivity index (χ3n) is 3.23. The minimum Gasteiger partial charge on any atom is -0.475 e. The Morgan fingerprint density at radius 2 is 2.15 bits per heavy atom. The molecule has 2 rings (SSSR count). The quantitative estimate of drug-likeness (QED) is 0.347. The van der Waals surface area contributed by atoms with Crippen LogP contribution in [0.15, 0.2) is 23.3 Å². The van der Waals surface area contributed by atoms with Crippen LogP contribution in [0.25, 0.3) is 0 Å².